The lowest BCUT2D eigenvalue weighted by atomic mass is 9.82. The lowest BCUT2D eigenvalue weighted by molar-refractivity contribution is -0.384. The number of rotatable bonds is 7. The van der Waals surface area contributed by atoms with Gasteiger partial charge < -0.3 is 5.32 Å². The van der Waals surface area contributed by atoms with Crippen LogP contribution in [-0.4, -0.2) is 22.1 Å². The number of benzene rings is 1. The minimum atomic E-state index is -0.415. The second kappa shape index (κ2) is 7.81. The molecule has 1 aromatic carbocycles. The monoisotopic (exact) mass is 338 g/mol. The van der Waals surface area contributed by atoms with Crippen LogP contribution in [0.3, 0.4) is 0 Å². The van der Waals surface area contributed by atoms with Crippen LogP contribution in [0.2, 0.25) is 0 Å². The van der Waals surface area contributed by atoms with Crippen molar-refractivity contribution in [3.05, 3.63) is 39.9 Å². The van der Waals surface area contributed by atoms with E-state index in [9.17, 15) is 14.9 Å². The molecular weight excluding hydrogens is 312 g/mol. The van der Waals surface area contributed by atoms with E-state index in [1.807, 2.05) is 13.8 Å². The predicted molar refractivity (Wildman–Crippen MR) is 95.6 cm³/mol. The fourth-order valence-electron chi connectivity index (χ4n) is 2.76. The molecule has 6 heteroatoms. The molecule has 0 aromatic heterocycles. The lowest BCUT2D eigenvalue weighted by Crippen LogP contribution is -2.46. The number of carbonyl (C=O) groups is 1. The summed E-state index contributed by atoms with van der Waals surface area (Å²) in [6.45, 7) is 10.5. The van der Waals surface area contributed by atoms with Crippen LogP contribution in [0.4, 0.5) is 5.69 Å². The summed E-state index contributed by atoms with van der Waals surface area (Å²) in [4.78, 5) is 22.2. The zero-order valence-electron chi connectivity index (χ0n) is 14.5. The van der Waals surface area contributed by atoms with Crippen LogP contribution in [0.5, 0.6) is 0 Å². The number of non-ortho nitro benzene ring substituents is 1. The quantitative estimate of drug-likeness (QED) is 0.598. The van der Waals surface area contributed by atoms with Gasteiger partial charge in [0.1, 0.15) is 0 Å². The zero-order chi connectivity index (χ0) is 17.7. The molecule has 1 aromatic rings. The second-order valence-corrected chi connectivity index (χ2v) is 8.57. The molecule has 0 aliphatic carbocycles. The first-order chi connectivity index (χ1) is 10.5. The molecule has 0 aliphatic rings. The van der Waals surface area contributed by atoms with Crippen LogP contribution in [0.15, 0.2) is 24.3 Å². The van der Waals surface area contributed by atoms with Crippen molar-refractivity contribution in [1.29, 1.82) is 0 Å². The molecule has 0 atom stereocenters. The Balaban J connectivity index is 2.40. The third-order valence-electron chi connectivity index (χ3n) is 3.10. The van der Waals surface area contributed by atoms with Crippen LogP contribution in [0, 0.1) is 15.5 Å². The van der Waals surface area contributed by atoms with Crippen molar-refractivity contribution in [3.8, 4) is 0 Å². The Morgan fingerprint density at radius 2 is 1.74 bits per heavy atom. The van der Waals surface area contributed by atoms with Crippen molar-refractivity contribution in [2.24, 2.45) is 5.41 Å². The standard InChI is InChI=1S/C17H26N2O3S/c1-16(2,3)12-17(4,5)18-15(20)11-23-10-13-6-8-14(9-7-13)19(21)22/h6-9H,10-12H2,1-5H3,(H,18,20). The Bertz CT molecular complexity index is 548. The Hall–Kier alpha value is -1.56. The van der Waals surface area contributed by atoms with Gasteiger partial charge in [-0.25, -0.2) is 0 Å². The normalized spacial score (nSPS) is 12.0. The highest BCUT2D eigenvalue weighted by atomic mass is 32.2. The van der Waals surface area contributed by atoms with Crippen LogP contribution >= 0.6 is 11.8 Å². The van der Waals surface area contributed by atoms with Gasteiger partial charge in [0.05, 0.1) is 10.7 Å². The molecule has 1 rings (SSSR count). The smallest absolute Gasteiger partial charge is 0.269 e. The summed E-state index contributed by atoms with van der Waals surface area (Å²) >= 11 is 1.51. The summed E-state index contributed by atoms with van der Waals surface area (Å²) in [5.74, 6) is 1.06. The van der Waals surface area contributed by atoms with Crippen LogP contribution < -0.4 is 5.32 Å². The van der Waals surface area contributed by atoms with E-state index in [-0.39, 0.29) is 22.5 Å². The molecule has 1 N–H and O–H groups in total. The first kappa shape index (κ1) is 19.5. The van der Waals surface area contributed by atoms with E-state index in [2.05, 4.69) is 26.1 Å². The largest absolute Gasteiger partial charge is 0.350 e. The van der Waals surface area contributed by atoms with Crippen LogP contribution in [-0.2, 0) is 10.5 Å². The molecule has 0 radical (unpaired) electrons. The van der Waals surface area contributed by atoms with Crippen LogP contribution in [0.25, 0.3) is 0 Å². The highest BCUT2D eigenvalue weighted by molar-refractivity contribution is 7.99. The Morgan fingerprint density at radius 1 is 1.17 bits per heavy atom. The summed E-state index contributed by atoms with van der Waals surface area (Å²) in [7, 11) is 0. The van der Waals surface area contributed by atoms with Gasteiger partial charge in [0.15, 0.2) is 0 Å². The maximum atomic E-state index is 12.1. The van der Waals surface area contributed by atoms with Gasteiger partial charge in [-0.2, -0.15) is 0 Å². The maximum absolute atomic E-state index is 12.1. The number of thioether (sulfide) groups is 1. The summed E-state index contributed by atoms with van der Waals surface area (Å²) in [6, 6.07) is 6.43. The molecule has 0 bridgehead atoms. The van der Waals surface area contributed by atoms with Crippen molar-refractivity contribution >= 4 is 23.4 Å². The fourth-order valence-corrected chi connectivity index (χ4v) is 3.55. The number of hydrogen-bond acceptors (Lipinski definition) is 4. The number of nitro groups is 1. The van der Waals surface area contributed by atoms with Crippen molar-refractivity contribution in [2.45, 2.75) is 52.3 Å². The minimum Gasteiger partial charge on any atom is -0.350 e. The first-order valence-corrected chi connectivity index (χ1v) is 8.76. The van der Waals surface area contributed by atoms with Crippen molar-refractivity contribution in [2.75, 3.05) is 5.75 Å². The van der Waals surface area contributed by atoms with E-state index in [0.29, 0.717) is 11.5 Å². The number of nitro benzene ring substituents is 1. The minimum absolute atomic E-state index is 0.0196. The number of nitrogens with zero attached hydrogens (tertiary/aromatic N) is 1. The van der Waals surface area contributed by atoms with Gasteiger partial charge in [-0.05, 0) is 31.2 Å². The number of hydrogen-bond donors (Lipinski definition) is 1. The molecule has 0 heterocycles. The average molecular weight is 338 g/mol. The van der Waals surface area contributed by atoms with Crippen LogP contribution in [0.1, 0.15) is 46.6 Å². The molecule has 0 unspecified atom stereocenters. The van der Waals surface area contributed by atoms with Crippen molar-refractivity contribution < 1.29 is 9.72 Å². The summed E-state index contributed by atoms with van der Waals surface area (Å²) in [5, 5.41) is 13.7. The van der Waals surface area contributed by atoms with E-state index in [1.165, 1.54) is 23.9 Å². The van der Waals surface area contributed by atoms with E-state index >= 15 is 0 Å². The Kier molecular flexibility index (Phi) is 6.62. The van der Waals surface area contributed by atoms with Crippen molar-refractivity contribution in [3.63, 3.8) is 0 Å². The fraction of sp³-hybridized carbons (Fsp3) is 0.588. The molecule has 0 aliphatic heterocycles. The molecule has 5 nitrogen and oxygen atoms in total. The zero-order valence-corrected chi connectivity index (χ0v) is 15.3. The Labute approximate surface area is 142 Å². The van der Waals surface area contributed by atoms with E-state index in [4.69, 9.17) is 0 Å². The van der Waals surface area contributed by atoms with Gasteiger partial charge in [-0.15, -0.1) is 11.8 Å². The molecule has 0 saturated heterocycles. The molecule has 128 valence electrons. The molecule has 0 fully saturated rings. The van der Waals surface area contributed by atoms with Gasteiger partial charge in [-0.3, -0.25) is 14.9 Å². The lowest BCUT2D eigenvalue weighted by Gasteiger charge is -2.33. The highest BCUT2D eigenvalue weighted by Crippen LogP contribution is 2.27. The number of nitrogens with one attached hydrogen (secondary N) is 1. The molecule has 1 amide bonds. The second-order valence-electron chi connectivity index (χ2n) is 7.59. The number of carbonyl (C=O) groups excluding carboxylic acids is 1. The molecular formula is C17H26N2O3S. The highest BCUT2D eigenvalue weighted by Gasteiger charge is 2.26. The third-order valence-corrected chi connectivity index (χ3v) is 4.10. The molecule has 0 spiro atoms. The molecule has 23 heavy (non-hydrogen) atoms. The van der Waals surface area contributed by atoms with Gasteiger partial charge >= 0.3 is 0 Å². The van der Waals surface area contributed by atoms with E-state index in [1.54, 1.807) is 12.1 Å². The Morgan fingerprint density at radius 3 is 2.22 bits per heavy atom. The number of amides is 1. The van der Waals surface area contributed by atoms with Crippen molar-refractivity contribution in [1.82, 2.24) is 5.32 Å². The summed E-state index contributed by atoms with van der Waals surface area (Å²) in [5.41, 5.74) is 0.981. The van der Waals surface area contributed by atoms with E-state index in [0.717, 1.165) is 12.0 Å². The average Bonchev–Trinajstić information content (AvgIpc) is 2.35. The summed E-state index contributed by atoms with van der Waals surface area (Å²) < 4.78 is 0. The SMILES string of the molecule is CC(C)(C)CC(C)(C)NC(=O)CSCc1ccc([N+](=O)[O-])cc1. The third kappa shape index (κ3) is 8.02. The van der Waals surface area contributed by atoms with Gasteiger partial charge in [0.2, 0.25) is 5.91 Å². The van der Waals surface area contributed by atoms with Gasteiger partial charge in [0.25, 0.3) is 5.69 Å². The van der Waals surface area contributed by atoms with Gasteiger partial charge in [-0.1, -0.05) is 32.9 Å². The van der Waals surface area contributed by atoms with E-state index < -0.39 is 4.92 Å². The van der Waals surface area contributed by atoms with Gasteiger partial charge in [0, 0.05) is 23.4 Å². The summed E-state index contributed by atoms with van der Waals surface area (Å²) in [6.07, 6.45) is 0.902. The topological polar surface area (TPSA) is 72.2 Å². The maximum Gasteiger partial charge on any atom is 0.269 e. The first-order valence-electron chi connectivity index (χ1n) is 7.61. The molecule has 0 saturated carbocycles. The predicted octanol–water partition coefficient (Wildman–Crippen LogP) is 4.16.